The second kappa shape index (κ2) is 9.28. The molecule has 158 valence electrons. The van der Waals surface area contributed by atoms with E-state index in [1.807, 2.05) is 22.7 Å². The Balaban J connectivity index is 1.41. The Bertz CT molecular complexity index is 1330. The Kier molecular flexibility index (Phi) is 6.07. The first-order valence-electron chi connectivity index (χ1n) is 11.2. The highest BCUT2D eigenvalue weighted by molar-refractivity contribution is 7.13. The van der Waals surface area contributed by atoms with E-state index >= 15 is 0 Å². The van der Waals surface area contributed by atoms with E-state index in [4.69, 9.17) is 0 Å². The molecule has 0 radical (unpaired) electrons. The van der Waals surface area contributed by atoms with E-state index in [1.54, 1.807) is 0 Å². The number of thiophene rings is 2. The third-order valence-electron chi connectivity index (χ3n) is 5.79. The van der Waals surface area contributed by atoms with Gasteiger partial charge in [-0.1, -0.05) is 50.3 Å². The van der Waals surface area contributed by atoms with Crippen LogP contribution in [0.25, 0.3) is 45.8 Å². The summed E-state index contributed by atoms with van der Waals surface area (Å²) in [5.41, 5.74) is 2.48. The molecule has 0 unspecified atom stereocenters. The largest absolute Gasteiger partial charge is 0.141 e. The maximum Gasteiger partial charge on any atom is 0.0273 e. The monoisotopic (exact) mass is 450 g/mol. The normalized spacial score (nSPS) is 12.1. The SMILES string of the molecule is CCc1ccc(/C=C/c2ccc3cc4cc(/C=C/c5ccc(CC)s5)ccc4cc3c2)s1. The first-order chi connectivity index (χ1) is 15.7. The molecule has 3 aromatic carbocycles. The average molecular weight is 451 g/mol. The second-order valence-corrected chi connectivity index (χ2v) is 10.4. The van der Waals surface area contributed by atoms with Gasteiger partial charge in [-0.05, 0) is 106 Å². The molecule has 0 aliphatic heterocycles. The number of benzene rings is 3. The molecule has 2 aromatic heterocycles. The minimum atomic E-state index is 1.10. The Morgan fingerprint density at radius 2 is 0.969 bits per heavy atom. The van der Waals surface area contributed by atoms with E-state index in [2.05, 4.69) is 111 Å². The molecule has 5 aromatic rings. The molecule has 0 saturated carbocycles. The van der Waals surface area contributed by atoms with Crippen LogP contribution in [0.15, 0.2) is 72.8 Å². The van der Waals surface area contributed by atoms with Gasteiger partial charge >= 0.3 is 0 Å². The lowest BCUT2D eigenvalue weighted by Gasteiger charge is -2.05. The van der Waals surface area contributed by atoms with E-state index in [0.717, 1.165) is 12.8 Å². The summed E-state index contributed by atoms with van der Waals surface area (Å²) in [6.07, 6.45) is 11.1. The minimum absolute atomic E-state index is 1.10. The van der Waals surface area contributed by atoms with E-state index in [-0.39, 0.29) is 0 Å². The first kappa shape index (κ1) is 20.9. The fraction of sp³-hybridized carbons (Fsp3) is 0.133. The summed E-state index contributed by atoms with van der Waals surface area (Å²) in [4.78, 5) is 5.50. The summed E-state index contributed by atoms with van der Waals surface area (Å²) in [5.74, 6) is 0. The predicted octanol–water partition coefficient (Wildman–Crippen LogP) is 9.58. The van der Waals surface area contributed by atoms with Crippen molar-refractivity contribution >= 4 is 68.5 Å². The summed E-state index contributed by atoms with van der Waals surface area (Å²) in [7, 11) is 0. The Morgan fingerprint density at radius 3 is 1.38 bits per heavy atom. The van der Waals surface area contributed by atoms with Gasteiger partial charge in [0, 0.05) is 19.5 Å². The zero-order chi connectivity index (χ0) is 21.9. The fourth-order valence-electron chi connectivity index (χ4n) is 3.95. The summed E-state index contributed by atoms with van der Waals surface area (Å²) in [5, 5.41) is 5.14. The number of hydrogen-bond acceptors (Lipinski definition) is 2. The molecule has 0 amide bonds. The van der Waals surface area contributed by atoms with Crippen molar-refractivity contribution in [3.63, 3.8) is 0 Å². The van der Waals surface area contributed by atoms with Gasteiger partial charge in [0.2, 0.25) is 0 Å². The number of fused-ring (bicyclic) bond motifs is 2. The van der Waals surface area contributed by atoms with Crippen LogP contribution in [0, 0.1) is 0 Å². The van der Waals surface area contributed by atoms with Crippen molar-refractivity contribution in [2.75, 3.05) is 0 Å². The van der Waals surface area contributed by atoms with E-state index < -0.39 is 0 Å². The van der Waals surface area contributed by atoms with Gasteiger partial charge < -0.3 is 0 Å². The van der Waals surface area contributed by atoms with Crippen LogP contribution in [0.2, 0.25) is 0 Å². The van der Waals surface area contributed by atoms with Gasteiger partial charge in [0.15, 0.2) is 0 Å². The minimum Gasteiger partial charge on any atom is -0.141 e. The quantitative estimate of drug-likeness (QED) is 0.226. The Hall–Kier alpha value is -2.94. The van der Waals surface area contributed by atoms with Crippen LogP contribution in [0.1, 0.15) is 44.5 Å². The van der Waals surface area contributed by atoms with Crippen LogP contribution < -0.4 is 0 Å². The molecule has 0 atom stereocenters. The zero-order valence-electron chi connectivity index (χ0n) is 18.5. The van der Waals surface area contributed by atoms with E-state index in [9.17, 15) is 0 Å². The maximum absolute atomic E-state index is 2.31. The van der Waals surface area contributed by atoms with E-state index in [0.29, 0.717) is 0 Å². The van der Waals surface area contributed by atoms with Crippen LogP contribution in [0.4, 0.5) is 0 Å². The zero-order valence-corrected chi connectivity index (χ0v) is 20.1. The number of hydrogen-bond donors (Lipinski definition) is 0. The maximum atomic E-state index is 2.31. The van der Waals surface area contributed by atoms with Crippen LogP contribution >= 0.6 is 22.7 Å². The standard InChI is InChI=1S/C30H26S2/c1-3-27-13-15-29(31-27)11-7-21-5-9-23-20-26-18-22(6-10-24(26)19-25(23)17-21)8-12-30-16-14-28(4-2)32-30/h5-20H,3-4H2,1-2H3/b11-7+,12-8+. The van der Waals surface area contributed by atoms with Crippen molar-refractivity contribution in [3.8, 4) is 0 Å². The smallest absolute Gasteiger partial charge is 0.0273 e. The molecule has 2 heteroatoms. The number of aryl methyl sites for hydroxylation is 2. The van der Waals surface area contributed by atoms with Crippen LogP contribution in [-0.4, -0.2) is 0 Å². The lowest BCUT2D eigenvalue weighted by atomic mass is 10.00. The molecule has 0 saturated heterocycles. The summed E-state index contributed by atoms with van der Waals surface area (Å²) >= 11 is 3.74. The van der Waals surface area contributed by atoms with Gasteiger partial charge in [0.25, 0.3) is 0 Å². The molecule has 5 rings (SSSR count). The summed E-state index contributed by atoms with van der Waals surface area (Å²) in [6.45, 7) is 4.41. The van der Waals surface area contributed by atoms with Crippen molar-refractivity contribution in [3.05, 3.63) is 103 Å². The van der Waals surface area contributed by atoms with Gasteiger partial charge in [-0.3, -0.25) is 0 Å². The molecule has 0 bridgehead atoms. The molecule has 0 N–H and O–H groups in total. The van der Waals surface area contributed by atoms with Gasteiger partial charge in [-0.15, -0.1) is 22.7 Å². The number of rotatable bonds is 6. The van der Waals surface area contributed by atoms with Crippen LogP contribution in [0.5, 0.6) is 0 Å². The third kappa shape index (κ3) is 4.62. The van der Waals surface area contributed by atoms with Crippen molar-refractivity contribution < 1.29 is 0 Å². The molecule has 2 heterocycles. The summed E-state index contributed by atoms with van der Waals surface area (Å²) in [6, 6.07) is 27.0. The second-order valence-electron chi connectivity index (χ2n) is 8.05. The molecule has 32 heavy (non-hydrogen) atoms. The molecular weight excluding hydrogens is 424 g/mol. The molecule has 0 spiro atoms. The van der Waals surface area contributed by atoms with Crippen molar-refractivity contribution in [1.29, 1.82) is 0 Å². The van der Waals surface area contributed by atoms with Crippen molar-refractivity contribution in [2.45, 2.75) is 26.7 Å². The third-order valence-corrected chi connectivity index (χ3v) is 8.18. The lowest BCUT2D eigenvalue weighted by Crippen LogP contribution is -1.80. The first-order valence-corrected chi connectivity index (χ1v) is 12.8. The fourth-order valence-corrected chi connectivity index (χ4v) is 5.66. The Morgan fingerprint density at radius 1 is 0.500 bits per heavy atom. The van der Waals surface area contributed by atoms with Crippen LogP contribution in [0.3, 0.4) is 0 Å². The lowest BCUT2D eigenvalue weighted by molar-refractivity contribution is 1.19. The highest BCUT2D eigenvalue weighted by Gasteiger charge is 2.01. The topological polar surface area (TPSA) is 0 Å². The van der Waals surface area contributed by atoms with Gasteiger partial charge in [-0.25, -0.2) is 0 Å². The highest BCUT2D eigenvalue weighted by Crippen LogP contribution is 2.27. The highest BCUT2D eigenvalue weighted by atomic mass is 32.1. The van der Waals surface area contributed by atoms with Gasteiger partial charge in [0.05, 0.1) is 0 Å². The van der Waals surface area contributed by atoms with Gasteiger partial charge in [0.1, 0.15) is 0 Å². The molecule has 0 aliphatic rings. The molecular formula is C30H26S2. The van der Waals surface area contributed by atoms with Crippen molar-refractivity contribution in [1.82, 2.24) is 0 Å². The summed E-state index contributed by atoms with van der Waals surface area (Å²) < 4.78 is 0. The van der Waals surface area contributed by atoms with Crippen molar-refractivity contribution in [2.24, 2.45) is 0 Å². The van der Waals surface area contributed by atoms with Crippen LogP contribution in [-0.2, 0) is 12.8 Å². The molecule has 0 aliphatic carbocycles. The Labute approximate surface area is 198 Å². The predicted molar refractivity (Wildman–Crippen MR) is 147 cm³/mol. The molecule has 0 fully saturated rings. The average Bonchev–Trinajstić information content (AvgIpc) is 3.49. The van der Waals surface area contributed by atoms with Gasteiger partial charge in [-0.2, -0.15) is 0 Å². The molecule has 0 nitrogen and oxygen atoms in total. The van der Waals surface area contributed by atoms with E-state index in [1.165, 1.54) is 52.2 Å².